The van der Waals surface area contributed by atoms with Gasteiger partial charge in [-0.15, -0.1) is 11.6 Å². The molecule has 0 radical (unpaired) electrons. The summed E-state index contributed by atoms with van der Waals surface area (Å²) in [6, 6.07) is 7.95. The average molecular weight is 233 g/mol. The van der Waals surface area contributed by atoms with Crippen LogP contribution >= 0.6 is 11.6 Å². The van der Waals surface area contributed by atoms with Crippen LogP contribution in [0.5, 0.6) is 0 Å². The minimum atomic E-state index is -0.0658. The zero-order chi connectivity index (χ0) is 11.4. The fourth-order valence-electron chi connectivity index (χ4n) is 1.48. The smallest absolute Gasteiger partial charge is 0.0655 e. The second kappa shape index (κ2) is 5.08. The first-order valence-electron chi connectivity index (χ1n) is 5.21. The molecule has 2 rings (SSSR count). The van der Waals surface area contributed by atoms with Gasteiger partial charge in [-0.05, 0) is 30.2 Å². The van der Waals surface area contributed by atoms with E-state index in [1.165, 1.54) is 0 Å². The molecule has 2 heterocycles. The molecule has 3 heteroatoms. The van der Waals surface area contributed by atoms with Gasteiger partial charge in [-0.25, -0.2) is 0 Å². The van der Waals surface area contributed by atoms with Crippen molar-refractivity contribution in [2.75, 3.05) is 0 Å². The van der Waals surface area contributed by atoms with Crippen LogP contribution in [0, 0.1) is 6.92 Å². The predicted octanol–water partition coefficient (Wildman–Crippen LogP) is 3.31. The number of rotatable bonds is 3. The van der Waals surface area contributed by atoms with Gasteiger partial charge in [0.1, 0.15) is 0 Å². The van der Waals surface area contributed by atoms with Gasteiger partial charge in [-0.2, -0.15) is 0 Å². The van der Waals surface area contributed by atoms with Gasteiger partial charge in [-0.1, -0.05) is 12.1 Å². The summed E-state index contributed by atoms with van der Waals surface area (Å²) < 4.78 is 0. The summed E-state index contributed by atoms with van der Waals surface area (Å²) in [7, 11) is 0. The van der Waals surface area contributed by atoms with E-state index in [4.69, 9.17) is 11.6 Å². The summed E-state index contributed by atoms with van der Waals surface area (Å²) in [5.74, 6) is 0. The highest BCUT2D eigenvalue weighted by atomic mass is 35.5. The summed E-state index contributed by atoms with van der Waals surface area (Å²) in [4.78, 5) is 8.40. The van der Waals surface area contributed by atoms with E-state index in [9.17, 15) is 0 Å². The molecular formula is C13H13ClN2. The number of pyridine rings is 2. The van der Waals surface area contributed by atoms with E-state index in [1.54, 1.807) is 12.4 Å². The highest BCUT2D eigenvalue weighted by Crippen LogP contribution is 2.23. The molecule has 0 aliphatic rings. The molecule has 2 aromatic heterocycles. The normalized spacial score (nSPS) is 12.4. The maximum atomic E-state index is 6.30. The average Bonchev–Trinajstić information content (AvgIpc) is 2.33. The molecular weight excluding hydrogens is 220 g/mol. The highest BCUT2D eigenvalue weighted by Gasteiger charge is 2.09. The maximum Gasteiger partial charge on any atom is 0.0655 e. The van der Waals surface area contributed by atoms with Gasteiger partial charge in [0.2, 0.25) is 0 Å². The Kier molecular flexibility index (Phi) is 3.52. The number of hydrogen-bond acceptors (Lipinski definition) is 2. The molecule has 2 nitrogen and oxygen atoms in total. The van der Waals surface area contributed by atoms with Gasteiger partial charge < -0.3 is 0 Å². The lowest BCUT2D eigenvalue weighted by Gasteiger charge is -2.08. The Bertz CT molecular complexity index is 439. The number of halogens is 1. The number of aryl methyl sites for hydroxylation is 1. The predicted molar refractivity (Wildman–Crippen MR) is 65.5 cm³/mol. The highest BCUT2D eigenvalue weighted by molar-refractivity contribution is 6.20. The zero-order valence-electron chi connectivity index (χ0n) is 9.10. The molecule has 0 N–H and O–H groups in total. The molecule has 0 saturated carbocycles. The van der Waals surface area contributed by atoms with Crippen molar-refractivity contribution in [3.8, 4) is 0 Å². The molecule has 16 heavy (non-hydrogen) atoms. The molecule has 82 valence electrons. The van der Waals surface area contributed by atoms with Crippen molar-refractivity contribution in [1.82, 2.24) is 9.97 Å². The molecule has 0 bridgehead atoms. The van der Waals surface area contributed by atoms with Crippen LogP contribution in [-0.2, 0) is 6.42 Å². The maximum absolute atomic E-state index is 6.30. The first kappa shape index (κ1) is 11.1. The molecule has 1 atom stereocenters. The molecule has 0 amide bonds. The Morgan fingerprint density at radius 1 is 1.25 bits per heavy atom. The Labute approximate surface area is 100 Å². The molecule has 0 aromatic carbocycles. The van der Waals surface area contributed by atoms with Crippen molar-refractivity contribution in [3.63, 3.8) is 0 Å². The van der Waals surface area contributed by atoms with Gasteiger partial charge in [0.15, 0.2) is 0 Å². The van der Waals surface area contributed by atoms with Crippen molar-refractivity contribution in [1.29, 1.82) is 0 Å². The first-order chi connectivity index (χ1) is 7.75. The Balaban J connectivity index is 2.08. The van der Waals surface area contributed by atoms with Crippen LogP contribution in [0.4, 0.5) is 0 Å². The van der Waals surface area contributed by atoms with Crippen LogP contribution < -0.4 is 0 Å². The third-order valence-electron chi connectivity index (χ3n) is 2.41. The fourth-order valence-corrected chi connectivity index (χ4v) is 1.77. The number of nitrogens with zero attached hydrogens (tertiary/aromatic N) is 2. The number of hydrogen-bond donors (Lipinski definition) is 0. The monoisotopic (exact) mass is 232 g/mol. The van der Waals surface area contributed by atoms with Gasteiger partial charge in [0.05, 0.1) is 5.38 Å². The van der Waals surface area contributed by atoms with Crippen molar-refractivity contribution in [2.45, 2.75) is 18.7 Å². The van der Waals surface area contributed by atoms with Crippen molar-refractivity contribution < 1.29 is 0 Å². The Hall–Kier alpha value is -1.41. The molecule has 0 fully saturated rings. The third-order valence-corrected chi connectivity index (χ3v) is 2.81. The Morgan fingerprint density at radius 3 is 2.75 bits per heavy atom. The lowest BCUT2D eigenvalue weighted by molar-refractivity contribution is 0.873. The SMILES string of the molecule is Cc1ccc(CC(Cl)c2cccnc2)nc1. The van der Waals surface area contributed by atoms with E-state index in [1.807, 2.05) is 31.3 Å². The van der Waals surface area contributed by atoms with Gasteiger partial charge in [0.25, 0.3) is 0 Å². The van der Waals surface area contributed by atoms with E-state index in [2.05, 4.69) is 16.0 Å². The molecule has 2 aromatic rings. The van der Waals surface area contributed by atoms with E-state index in [0.29, 0.717) is 0 Å². The second-order valence-corrected chi connectivity index (χ2v) is 4.31. The van der Waals surface area contributed by atoms with E-state index < -0.39 is 0 Å². The van der Waals surface area contributed by atoms with E-state index in [-0.39, 0.29) is 5.38 Å². The third kappa shape index (κ3) is 2.80. The summed E-state index contributed by atoms with van der Waals surface area (Å²) in [5.41, 5.74) is 3.21. The summed E-state index contributed by atoms with van der Waals surface area (Å²) >= 11 is 6.30. The molecule has 0 saturated heterocycles. The zero-order valence-corrected chi connectivity index (χ0v) is 9.85. The lowest BCUT2D eigenvalue weighted by Crippen LogP contribution is -1.98. The number of aromatic nitrogens is 2. The Morgan fingerprint density at radius 2 is 2.12 bits per heavy atom. The molecule has 1 unspecified atom stereocenters. The van der Waals surface area contributed by atoms with E-state index in [0.717, 1.165) is 23.2 Å². The summed E-state index contributed by atoms with van der Waals surface area (Å²) in [6.07, 6.45) is 6.14. The lowest BCUT2D eigenvalue weighted by atomic mass is 10.1. The van der Waals surface area contributed by atoms with Gasteiger partial charge in [0, 0.05) is 30.7 Å². The topological polar surface area (TPSA) is 25.8 Å². The van der Waals surface area contributed by atoms with Gasteiger partial charge >= 0.3 is 0 Å². The largest absolute Gasteiger partial charge is 0.264 e. The van der Waals surface area contributed by atoms with Crippen LogP contribution in [0.1, 0.15) is 22.2 Å². The second-order valence-electron chi connectivity index (χ2n) is 3.78. The van der Waals surface area contributed by atoms with Crippen LogP contribution in [0.15, 0.2) is 42.9 Å². The number of alkyl halides is 1. The minimum absolute atomic E-state index is 0.0658. The molecule has 0 spiro atoms. The molecule has 0 aliphatic carbocycles. The van der Waals surface area contributed by atoms with E-state index >= 15 is 0 Å². The van der Waals surface area contributed by atoms with Crippen LogP contribution in [0.2, 0.25) is 0 Å². The standard InChI is InChI=1S/C13H13ClN2/c1-10-4-5-12(16-8-10)7-13(14)11-3-2-6-15-9-11/h2-6,8-9,13H,7H2,1H3. The molecule has 0 aliphatic heterocycles. The van der Waals surface area contributed by atoms with Crippen LogP contribution in [0.25, 0.3) is 0 Å². The summed E-state index contributed by atoms with van der Waals surface area (Å²) in [5, 5.41) is -0.0658. The van der Waals surface area contributed by atoms with Crippen molar-refractivity contribution >= 4 is 11.6 Å². The van der Waals surface area contributed by atoms with Crippen molar-refractivity contribution in [3.05, 3.63) is 59.7 Å². The summed E-state index contributed by atoms with van der Waals surface area (Å²) in [6.45, 7) is 2.02. The quantitative estimate of drug-likeness (QED) is 0.759. The van der Waals surface area contributed by atoms with Crippen LogP contribution in [0.3, 0.4) is 0 Å². The van der Waals surface area contributed by atoms with Gasteiger partial charge in [-0.3, -0.25) is 9.97 Å². The first-order valence-corrected chi connectivity index (χ1v) is 5.65. The van der Waals surface area contributed by atoms with Crippen molar-refractivity contribution in [2.24, 2.45) is 0 Å². The van der Waals surface area contributed by atoms with Crippen LogP contribution in [-0.4, -0.2) is 9.97 Å². The fraction of sp³-hybridized carbons (Fsp3) is 0.231. The minimum Gasteiger partial charge on any atom is -0.264 e.